The van der Waals surface area contributed by atoms with E-state index in [1.807, 2.05) is 24.3 Å². The summed E-state index contributed by atoms with van der Waals surface area (Å²) in [6.07, 6.45) is 10.4. The van der Waals surface area contributed by atoms with Crippen LogP contribution in [0.3, 0.4) is 0 Å². The van der Waals surface area contributed by atoms with Gasteiger partial charge in [-0.3, -0.25) is 9.36 Å². The Bertz CT molecular complexity index is 586. The Morgan fingerprint density at radius 3 is 2.52 bits per heavy atom. The van der Waals surface area contributed by atoms with Gasteiger partial charge in [0.15, 0.2) is 0 Å². The van der Waals surface area contributed by atoms with E-state index in [4.69, 9.17) is 0 Å². The van der Waals surface area contributed by atoms with E-state index >= 15 is 0 Å². The molecule has 0 unspecified atom stereocenters. The summed E-state index contributed by atoms with van der Waals surface area (Å²) >= 11 is 0. The average Bonchev–Trinajstić information content (AvgIpc) is 2.93. The van der Waals surface area contributed by atoms with Crippen molar-refractivity contribution in [2.75, 3.05) is 0 Å². The van der Waals surface area contributed by atoms with Gasteiger partial charge in [0.1, 0.15) is 12.7 Å². The maximum atomic E-state index is 12.4. The largest absolute Gasteiger partial charge is 0.349 e. The molecule has 1 aliphatic rings. The SMILES string of the molecule is O=C(NC1CCCCCC1)c1cccc(-n2cnnc2)c1. The van der Waals surface area contributed by atoms with Crippen LogP contribution in [0.4, 0.5) is 0 Å². The molecule has 21 heavy (non-hydrogen) atoms. The normalized spacial score (nSPS) is 16.4. The van der Waals surface area contributed by atoms with E-state index in [2.05, 4.69) is 15.5 Å². The molecule has 0 aliphatic heterocycles. The molecule has 0 bridgehead atoms. The van der Waals surface area contributed by atoms with Crippen LogP contribution in [0.2, 0.25) is 0 Å². The van der Waals surface area contributed by atoms with Crippen molar-refractivity contribution in [1.82, 2.24) is 20.1 Å². The van der Waals surface area contributed by atoms with Crippen LogP contribution in [-0.2, 0) is 0 Å². The third-order valence-corrected chi connectivity index (χ3v) is 4.02. The molecule has 110 valence electrons. The first-order valence-corrected chi connectivity index (χ1v) is 7.59. The Morgan fingerprint density at radius 2 is 1.81 bits per heavy atom. The van der Waals surface area contributed by atoms with E-state index in [0.717, 1.165) is 18.5 Å². The number of carbonyl (C=O) groups is 1. The van der Waals surface area contributed by atoms with Crippen LogP contribution in [0.25, 0.3) is 5.69 Å². The minimum absolute atomic E-state index is 0.0109. The van der Waals surface area contributed by atoms with Crippen molar-refractivity contribution >= 4 is 5.91 Å². The summed E-state index contributed by atoms with van der Waals surface area (Å²) in [6.45, 7) is 0. The molecule has 1 N–H and O–H groups in total. The number of amides is 1. The number of aromatic nitrogens is 3. The van der Waals surface area contributed by atoms with Crippen LogP contribution in [-0.4, -0.2) is 26.7 Å². The number of benzene rings is 1. The lowest BCUT2D eigenvalue weighted by molar-refractivity contribution is 0.0933. The number of hydrogen-bond donors (Lipinski definition) is 1. The molecule has 1 amide bonds. The molecule has 1 aliphatic carbocycles. The van der Waals surface area contributed by atoms with E-state index in [-0.39, 0.29) is 5.91 Å². The number of hydrogen-bond acceptors (Lipinski definition) is 3. The minimum Gasteiger partial charge on any atom is -0.349 e. The van der Waals surface area contributed by atoms with Crippen LogP contribution < -0.4 is 5.32 Å². The van der Waals surface area contributed by atoms with Crippen LogP contribution >= 0.6 is 0 Å². The van der Waals surface area contributed by atoms with E-state index in [1.54, 1.807) is 17.2 Å². The highest BCUT2D eigenvalue weighted by atomic mass is 16.1. The van der Waals surface area contributed by atoms with Gasteiger partial charge in [0, 0.05) is 17.3 Å². The molecule has 0 spiro atoms. The Morgan fingerprint density at radius 1 is 1.10 bits per heavy atom. The monoisotopic (exact) mass is 284 g/mol. The Labute approximate surface area is 124 Å². The van der Waals surface area contributed by atoms with E-state index in [1.165, 1.54) is 25.7 Å². The van der Waals surface area contributed by atoms with Crippen molar-refractivity contribution < 1.29 is 4.79 Å². The Hall–Kier alpha value is -2.17. The zero-order valence-electron chi connectivity index (χ0n) is 12.0. The van der Waals surface area contributed by atoms with Crippen molar-refractivity contribution in [1.29, 1.82) is 0 Å². The Balaban J connectivity index is 1.71. The highest BCUT2D eigenvalue weighted by Gasteiger charge is 2.16. The van der Waals surface area contributed by atoms with Gasteiger partial charge in [0.05, 0.1) is 0 Å². The van der Waals surface area contributed by atoms with Crippen molar-refractivity contribution in [2.24, 2.45) is 0 Å². The zero-order valence-corrected chi connectivity index (χ0v) is 12.0. The lowest BCUT2D eigenvalue weighted by Gasteiger charge is -2.16. The number of nitrogens with zero attached hydrogens (tertiary/aromatic N) is 3. The number of rotatable bonds is 3. The first kappa shape index (κ1) is 13.8. The van der Waals surface area contributed by atoms with Gasteiger partial charge in [0.25, 0.3) is 5.91 Å². The highest BCUT2D eigenvalue weighted by molar-refractivity contribution is 5.94. The van der Waals surface area contributed by atoms with Crippen LogP contribution in [0.1, 0.15) is 48.9 Å². The summed E-state index contributed by atoms with van der Waals surface area (Å²) < 4.78 is 1.79. The molecule has 0 radical (unpaired) electrons. The molecule has 1 aromatic heterocycles. The Kier molecular flexibility index (Phi) is 4.28. The van der Waals surface area contributed by atoms with Gasteiger partial charge in [0.2, 0.25) is 0 Å². The first-order valence-electron chi connectivity index (χ1n) is 7.59. The predicted octanol–water partition coefficient (Wildman–Crippen LogP) is 2.72. The molecular weight excluding hydrogens is 264 g/mol. The van der Waals surface area contributed by atoms with E-state index in [0.29, 0.717) is 11.6 Å². The molecule has 0 atom stereocenters. The van der Waals surface area contributed by atoms with Crippen molar-refractivity contribution in [3.05, 3.63) is 42.5 Å². The lowest BCUT2D eigenvalue weighted by atomic mass is 10.1. The fourth-order valence-corrected chi connectivity index (χ4v) is 2.83. The summed E-state index contributed by atoms with van der Waals surface area (Å²) in [5.41, 5.74) is 1.58. The average molecular weight is 284 g/mol. The molecule has 0 saturated heterocycles. The number of nitrogens with one attached hydrogen (secondary N) is 1. The molecule has 2 aromatic rings. The molecule has 3 rings (SSSR count). The molecule has 1 heterocycles. The summed E-state index contributed by atoms with van der Waals surface area (Å²) in [6, 6.07) is 7.86. The second kappa shape index (κ2) is 6.52. The summed E-state index contributed by atoms with van der Waals surface area (Å²) in [5.74, 6) is 0.0109. The summed E-state index contributed by atoms with van der Waals surface area (Å²) in [4.78, 5) is 12.4. The van der Waals surface area contributed by atoms with Crippen LogP contribution in [0, 0.1) is 0 Å². The molecule has 1 fully saturated rings. The molecule has 1 saturated carbocycles. The van der Waals surface area contributed by atoms with Crippen LogP contribution in [0.5, 0.6) is 0 Å². The quantitative estimate of drug-likeness (QED) is 0.882. The molecular formula is C16H20N4O. The number of carbonyl (C=O) groups excluding carboxylic acids is 1. The maximum Gasteiger partial charge on any atom is 0.251 e. The van der Waals surface area contributed by atoms with Crippen molar-refractivity contribution in [3.8, 4) is 5.69 Å². The van der Waals surface area contributed by atoms with Gasteiger partial charge in [-0.1, -0.05) is 31.7 Å². The van der Waals surface area contributed by atoms with E-state index in [9.17, 15) is 4.79 Å². The molecule has 1 aromatic carbocycles. The second-order valence-electron chi connectivity index (χ2n) is 5.58. The smallest absolute Gasteiger partial charge is 0.251 e. The third kappa shape index (κ3) is 3.48. The van der Waals surface area contributed by atoms with Crippen LogP contribution in [0.15, 0.2) is 36.9 Å². The zero-order chi connectivity index (χ0) is 14.5. The van der Waals surface area contributed by atoms with Crippen molar-refractivity contribution in [2.45, 2.75) is 44.6 Å². The topological polar surface area (TPSA) is 59.8 Å². The van der Waals surface area contributed by atoms with Crippen molar-refractivity contribution in [3.63, 3.8) is 0 Å². The maximum absolute atomic E-state index is 12.4. The van der Waals surface area contributed by atoms with Gasteiger partial charge in [-0.25, -0.2) is 0 Å². The standard InChI is InChI=1S/C16H20N4O/c21-16(19-14-7-3-1-2-4-8-14)13-6-5-9-15(10-13)20-11-17-18-12-20/h5-6,9-12,14H,1-4,7-8H2,(H,19,21). The summed E-state index contributed by atoms with van der Waals surface area (Å²) in [7, 11) is 0. The predicted molar refractivity (Wildman–Crippen MR) is 80.3 cm³/mol. The minimum atomic E-state index is 0.0109. The third-order valence-electron chi connectivity index (χ3n) is 4.02. The fraction of sp³-hybridized carbons (Fsp3) is 0.438. The fourth-order valence-electron chi connectivity index (χ4n) is 2.83. The second-order valence-corrected chi connectivity index (χ2v) is 5.58. The van der Waals surface area contributed by atoms with Gasteiger partial charge in [-0.2, -0.15) is 0 Å². The first-order chi connectivity index (χ1) is 10.3. The lowest BCUT2D eigenvalue weighted by Crippen LogP contribution is -2.34. The highest BCUT2D eigenvalue weighted by Crippen LogP contribution is 2.18. The van der Waals surface area contributed by atoms with Gasteiger partial charge in [-0.15, -0.1) is 10.2 Å². The van der Waals surface area contributed by atoms with Gasteiger partial charge >= 0.3 is 0 Å². The van der Waals surface area contributed by atoms with Gasteiger partial charge in [-0.05, 0) is 31.0 Å². The molecule has 5 nitrogen and oxygen atoms in total. The molecule has 5 heteroatoms. The van der Waals surface area contributed by atoms with E-state index < -0.39 is 0 Å². The summed E-state index contributed by atoms with van der Waals surface area (Å²) in [5, 5.41) is 10.7. The van der Waals surface area contributed by atoms with Gasteiger partial charge < -0.3 is 5.32 Å².